The summed E-state index contributed by atoms with van der Waals surface area (Å²) < 4.78 is 12.9. The number of benzene rings is 1. The molecule has 2 rings (SSSR count). The Morgan fingerprint density at radius 2 is 2.12 bits per heavy atom. The van der Waals surface area contributed by atoms with Gasteiger partial charge >= 0.3 is 0 Å². The molecule has 0 bridgehead atoms. The van der Waals surface area contributed by atoms with Crippen LogP contribution in [0.2, 0.25) is 0 Å². The molecule has 1 fully saturated rings. The van der Waals surface area contributed by atoms with Gasteiger partial charge in [-0.25, -0.2) is 4.39 Å². The molecule has 1 aliphatic heterocycles. The SMILES string of the molecule is CC(CN1CCCC1)Nc1ccc(F)cc1N. The number of nitrogen functional groups attached to an aromatic ring is 1. The van der Waals surface area contributed by atoms with Gasteiger partial charge in [-0.15, -0.1) is 0 Å². The average molecular weight is 237 g/mol. The maximum absolute atomic E-state index is 12.9. The Morgan fingerprint density at radius 3 is 2.76 bits per heavy atom. The third kappa shape index (κ3) is 3.33. The molecule has 3 N–H and O–H groups in total. The smallest absolute Gasteiger partial charge is 0.125 e. The second-order valence-electron chi connectivity index (χ2n) is 4.78. The third-order valence-corrected chi connectivity index (χ3v) is 3.15. The van der Waals surface area contributed by atoms with Crippen molar-refractivity contribution < 1.29 is 4.39 Å². The first kappa shape index (κ1) is 12.2. The maximum Gasteiger partial charge on any atom is 0.125 e. The van der Waals surface area contributed by atoms with E-state index in [1.54, 1.807) is 6.07 Å². The van der Waals surface area contributed by atoms with Crippen LogP contribution in [0.3, 0.4) is 0 Å². The first-order chi connectivity index (χ1) is 8.15. The zero-order chi connectivity index (χ0) is 12.3. The molecule has 0 radical (unpaired) electrons. The van der Waals surface area contributed by atoms with Gasteiger partial charge in [0.2, 0.25) is 0 Å². The fourth-order valence-electron chi connectivity index (χ4n) is 2.33. The van der Waals surface area contributed by atoms with Gasteiger partial charge in [-0.3, -0.25) is 0 Å². The van der Waals surface area contributed by atoms with Crippen LogP contribution in [0, 0.1) is 5.82 Å². The van der Waals surface area contributed by atoms with Crippen molar-refractivity contribution in [3.63, 3.8) is 0 Å². The first-order valence-electron chi connectivity index (χ1n) is 6.19. The van der Waals surface area contributed by atoms with Crippen LogP contribution in [0.15, 0.2) is 18.2 Å². The van der Waals surface area contributed by atoms with E-state index in [4.69, 9.17) is 5.73 Å². The van der Waals surface area contributed by atoms with Crippen LogP contribution in [0.5, 0.6) is 0 Å². The average Bonchev–Trinajstić information content (AvgIpc) is 2.75. The zero-order valence-corrected chi connectivity index (χ0v) is 10.2. The monoisotopic (exact) mass is 237 g/mol. The molecule has 0 amide bonds. The molecule has 17 heavy (non-hydrogen) atoms. The summed E-state index contributed by atoms with van der Waals surface area (Å²) in [5.74, 6) is -0.291. The lowest BCUT2D eigenvalue weighted by Gasteiger charge is -2.22. The van der Waals surface area contributed by atoms with Gasteiger partial charge in [-0.2, -0.15) is 0 Å². The molecule has 4 heteroatoms. The van der Waals surface area contributed by atoms with Crippen molar-refractivity contribution in [2.75, 3.05) is 30.7 Å². The molecule has 1 aliphatic rings. The van der Waals surface area contributed by atoms with Crippen molar-refractivity contribution in [1.82, 2.24) is 4.90 Å². The minimum atomic E-state index is -0.291. The van der Waals surface area contributed by atoms with E-state index in [0.29, 0.717) is 11.7 Å². The fourth-order valence-corrected chi connectivity index (χ4v) is 2.33. The Balaban J connectivity index is 1.90. The predicted molar refractivity (Wildman–Crippen MR) is 69.6 cm³/mol. The van der Waals surface area contributed by atoms with Gasteiger partial charge < -0.3 is 16.0 Å². The highest BCUT2D eigenvalue weighted by atomic mass is 19.1. The van der Waals surface area contributed by atoms with Gasteiger partial charge in [0.25, 0.3) is 0 Å². The molecule has 0 spiro atoms. The van der Waals surface area contributed by atoms with Gasteiger partial charge in [-0.1, -0.05) is 0 Å². The van der Waals surface area contributed by atoms with E-state index in [-0.39, 0.29) is 5.82 Å². The third-order valence-electron chi connectivity index (χ3n) is 3.15. The summed E-state index contributed by atoms with van der Waals surface area (Å²) in [4.78, 5) is 2.44. The van der Waals surface area contributed by atoms with Crippen molar-refractivity contribution in [1.29, 1.82) is 0 Å². The van der Waals surface area contributed by atoms with E-state index in [9.17, 15) is 4.39 Å². The highest BCUT2D eigenvalue weighted by Crippen LogP contribution is 2.20. The van der Waals surface area contributed by atoms with E-state index in [1.165, 1.54) is 38.1 Å². The molecule has 0 aromatic heterocycles. The van der Waals surface area contributed by atoms with Crippen molar-refractivity contribution >= 4 is 11.4 Å². The van der Waals surface area contributed by atoms with E-state index >= 15 is 0 Å². The highest BCUT2D eigenvalue weighted by Gasteiger charge is 2.14. The number of likely N-dealkylation sites (tertiary alicyclic amines) is 1. The molecule has 1 saturated heterocycles. The van der Waals surface area contributed by atoms with Gasteiger partial charge in [0.15, 0.2) is 0 Å². The number of nitrogens with zero attached hydrogens (tertiary/aromatic N) is 1. The Kier molecular flexibility index (Phi) is 3.84. The van der Waals surface area contributed by atoms with Gasteiger partial charge in [0.1, 0.15) is 5.82 Å². The summed E-state index contributed by atoms with van der Waals surface area (Å²) in [6.45, 7) is 5.51. The Morgan fingerprint density at radius 1 is 1.41 bits per heavy atom. The number of halogens is 1. The summed E-state index contributed by atoms with van der Waals surface area (Å²) in [5.41, 5.74) is 7.05. The summed E-state index contributed by atoms with van der Waals surface area (Å²) in [5, 5.41) is 3.33. The predicted octanol–water partition coefficient (Wildman–Crippen LogP) is 2.30. The Bertz CT molecular complexity index is 375. The summed E-state index contributed by atoms with van der Waals surface area (Å²) in [6, 6.07) is 4.80. The highest BCUT2D eigenvalue weighted by molar-refractivity contribution is 5.66. The van der Waals surface area contributed by atoms with Crippen molar-refractivity contribution in [3.8, 4) is 0 Å². The lowest BCUT2D eigenvalue weighted by molar-refractivity contribution is 0.328. The van der Waals surface area contributed by atoms with Crippen LogP contribution in [0.25, 0.3) is 0 Å². The zero-order valence-electron chi connectivity index (χ0n) is 10.2. The van der Waals surface area contributed by atoms with E-state index in [1.807, 2.05) is 0 Å². The number of rotatable bonds is 4. The molecule has 3 nitrogen and oxygen atoms in total. The fraction of sp³-hybridized carbons (Fsp3) is 0.538. The number of nitrogens with one attached hydrogen (secondary N) is 1. The minimum Gasteiger partial charge on any atom is -0.397 e. The second-order valence-corrected chi connectivity index (χ2v) is 4.78. The van der Waals surface area contributed by atoms with Crippen LogP contribution >= 0.6 is 0 Å². The van der Waals surface area contributed by atoms with Gasteiger partial charge in [0.05, 0.1) is 11.4 Å². The van der Waals surface area contributed by atoms with Crippen molar-refractivity contribution in [3.05, 3.63) is 24.0 Å². The minimum absolute atomic E-state index is 0.291. The Labute approximate surface area is 102 Å². The lowest BCUT2D eigenvalue weighted by atomic mass is 10.2. The van der Waals surface area contributed by atoms with Crippen LogP contribution in [0.4, 0.5) is 15.8 Å². The standard InChI is InChI=1S/C13H20FN3/c1-10(9-17-6-2-3-7-17)16-13-5-4-11(14)8-12(13)15/h4-5,8,10,16H,2-3,6-7,9,15H2,1H3. The first-order valence-corrected chi connectivity index (χ1v) is 6.19. The van der Waals surface area contributed by atoms with Crippen LogP contribution in [-0.2, 0) is 0 Å². The molecule has 1 unspecified atom stereocenters. The largest absolute Gasteiger partial charge is 0.397 e. The topological polar surface area (TPSA) is 41.3 Å². The van der Waals surface area contributed by atoms with Crippen LogP contribution < -0.4 is 11.1 Å². The second kappa shape index (κ2) is 5.36. The molecule has 94 valence electrons. The van der Waals surface area contributed by atoms with E-state index < -0.39 is 0 Å². The molecule has 1 aromatic rings. The van der Waals surface area contributed by atoms with Crippen molar-refractivity contribution in [2.24, 2.45) is 0 Å². The molecule has 1 heterocycles. The Hall–Kier alpha value is -1.29. The molecular weight excluding hydrogens is 217 g/mol. The summed E-state index contributed by atoms with van der Waals surface area (Å²) in [7, 11) is 0. The molecule has 0 aliphatic carbocycles. The lowest BCUT2D eigenvalue weighted by Crippen LogP contribution is -2.33. The normalized spacial score (nSPS) is 18.2. The molecule has 1 atom stereocenters. The summed E-state index contributed by atoms with van der Waals surface area (Å²) in [6.07, 6.45) is 2.59. The van der Waals surface area contributed by atoms with Crippen LogP contribution in [0.1, 0.15) is 19.8 Å². The van der Waals surface area contributed by atoms with Crippen LogP contribution in [-0.4, -0.2) is 30.6 Å². The van der Waals surface area contributed by atoms with Crippen molar-refractivity contribution in [2.45, 2.75) is 25.8 Å². The number of nitrogens with two attached hydrogens (primary N) is 1. The number of hydrogen-bond donors (Lipinski definition) is 2. The quantitative estimate of drug-likeness (QED) is 0.790. The number of anilines is 2. The summed E-state index contributed by atoms with van der Waals surface area (Å²) >= 11 is 0. The van der Waals surface area contributed by atoms with E-state index in [0.717, 1.165) is 12.2 Å². The molecule has 1 aromatic carbocycles. The van der Waals surface area contributed by atoms with Gasteiger partial charge in [0, 0.05) is 12.6 Å². The van der Waals surface area contributed by atoms with Gasteiger partial charge in [-0.05, 0) is 51.1 Å². The number of hydrogen-bond acceptors (Lipinski definition) is 3. The van der Waals surface area contributed by atoms with E-state index in [2.05, 4.69) is 17.1 Å². The molecule has 0 saturated carbocycles. The maximum atomic E-state index is 12.9. The molecular formula is C13H20FN3.